The number of rotatable bonds is 3. The quantitative estimate of drug-likeness (QED) is 0.855. The van der Waals surface area contributed by atoms with E-state index in [9.17, 15) is 0 Å². The van der Waals surface area contributed by atoms with Crippen molar-refractivity contribution in [2.75, 3.05) is 12.8 Å². The first-order chi connectivity index (χ1) is 8.24. The third-order valence-corrected chi connectivity index (χ3v) is 2.98. The van der Waals surface area contributed by atoms with Gasteiger partial charge >= 0.3 is 0 Å². The molecule has 2 rings (SSSR count). The summed E-state index contributed by atoms with van der Waals surface area (Å²) < 4.78 is 11.2. The molecule has 0 radical (unpaired) electrons. The second-order valence-corrected chi connectivity index (χ2v) is 4.08. The Kier molecular flexibility index (Phi) is 3.45. The molecule has 90 valence electrons. The second kappa shape index (κ2) is 5.02. The minimum absolute atomic E-state index is 0.00565. The lowest BCUT2D eigenvalue weighted by atomic mass is 10.2. The lowest BCUT2D eigenvalue weighted by molar-refractivity contribution is 0.0227. The van der Waals surface area contributed by atoms with Crippen LogP contribution in [0.4, 0.5) is 5.82 Å². The van der Waals surface area contributed by atoms with Crippen LogP contribution in [0.2, 0.25) is 0 Å². The van der Waals surface area contributed by atoms with Gasteiger partial charge < -0.3 is 15.2 Å². The number of nitriles is 1. The van der Waals surface area contributed by atoms with Crippen LogP contribution < -0.4 is 10.5 Å². The molecule has 0 amide bonds. The molecule has 1 aliphatic rings. The van der Waals surface area contributed by atoms with Gasteiger partial charge in [0, 0.05) is 13.2 Å². The maximum absolute atomic E-state index is 8.96. The molecular formula is C12H15N3O2. The van der Waals surface area contributed by atoms with E-state index in [1.54, 1.807) is 13.2 Å². The molecule has 1 aromatic rings. The van der Waals surface area contributed by atoms with E-state index < -0.39 is 0 Å². The molecule has 5 heteroatoms. The summed E-state index contributed by atoms with van der Waals surface area (Å²) in [5, 5.41) is 8.96. The molecule has 17 heavy (non-hydrogen) atoms. The summed E-state index contributed by atoms with van der Waals surface area (Å²) in [5.41, 5.74) is 6.00. The topological polar surface area (TPSA) is 81.2 Å². The summed E-state index contributed by atoms with van der Waals surface area (Å²) in [5.74, 6) is 0.847. The number of hydrogen-bond donors (Lipinski definition) is 1. The first-order valence-corrected chi connectivity index (χ1v) is 5.59. The summed E-state index contributed by atoms with van der Waals surface area (Å²) in [4.78, 5) is 3.87. The SMILES string of the molecule is CO[C@@H]1CCCC1Oc1cc(N)ncc1C#N. The van der Waals surface area contributed by atoms with Crippen molar-refractivity contribution in [1.82, 2.24) is 4.98 Å². The Hall–Kier alpha value is -1.80. The molecule has 1 unspecified atom stereocenters. The van der Waals surface area contributed by atoms with Crippen molar-refractivity contribution in [1.29, 1.82) is 5.26 Å². The number of hydrogen-bond acceptors (Lipinski definition) is 5. The average molecular weight is 233 g/mol. The summed E-state index contributed by atoms with van der Waals surface area (Å²) in [6.45, 7) is 0. The van der Waals surface area contributed by atoms with Crippen molar-refractivity contribution in [3.63, 3.8) is 0 Å². The van der Waals surface area contributed by atoms with E-state index in [0.29, 0.717) is 17.1 Å². The Balaban J connectivity index is 2.18. The molecule has 1 aliphatic carbocycles. The van der Waals surface area contributed by atoms with Crippen LogP contribution in [-0.4, -0.2) is 24.3 Å². The third kappa shape index (κ3) is 2.48. The molecule has 0 aromatic carbocycles. The molecule has 2 atom stereocenters. The molecule has 1 heterocycles. The lowest BCUT2D eigenvalue weighted by Crippen LogP contribution is -2.28. The second-order valence-electron chi connectivity index (χ2n) is 4.08. The molecule has 2 N–H and O–H groups in total. The Morgan fingerprint density at radius 2 is 2.24 bits per heavy atom. The molecular weight excluding hydrogens is 218 g/mol. The van der Waals surface area contributed by atoms with Crippen molar-refractivity contribution < 1.29 is 9.47 Å². The van der Waals surface area contributed by atoms with E-state index in [4.69, 9.17) is 20.5 Å². The summed E-state index contributed by atoms with van der Waals surface area (Å²) in [7, 11) is 1.68. The van der Waals surface area contributed by atoms with E-state index in [2.05, 4.69) is 4.98 Å². The van der Waals surface area contributed by atoms with E-state index in [0.717, 1.165) is 19.3 Å². The summed E-state index contributed by atoms with van der Waals surface area (Å²) in [6, 6.07) is 3.63. The molecule has 1 saturated carbocycles. The molecule has 1 fully saturated rings. The van der Waals surface area contributed by atoms with Crippen molar-refractivity contribution in [2.45, 2.75) is 31.5 Å². The highest BCUT2D eigenvalue weighted by Crippen LogP contribution is 2.28. The number of nitrogens with zero attached hydrogens (tertiary/aromatic N) is 2. The van der Waals surface area contributed by atoms with Gasteiger partial charge in [0.15, 0.2) is 0 Å². The maximum Gasteiger partial charge on any atom is 0.142 e. The van der Waals surface area contributed by atoms with Crippen molar-refractivity contribution in [2.24, 2.45) is 0 Å². The van der Waals surface area contributed by atoms with Gasteiger partial charge in [-0.1, -0.05) is 0 Å². The van der Waals surface area contributed by atoms with E-state index in [1.807, 2.05) is 6.07 Å². The van der Waals surface area contributed by atoms with Crippen LogP contribution in [-0.2, 0) is 4.74 Å². The van der Waals surface area contributed by atoms with Crippen molar-refractivity contribution in [3.05, 3.63) is 17.8 Å². The van der Waals surface area contributed by atoms with E-state index in [1.165, 1.54) is 6.20 Å². The summed E-state index contributed by atoms with van der Waals surface area (Å²) in [6.07, 6.45) is 4.52. The van der Waals surface area contributed by atoms with Gasteiger partial charge in [-0.3, -0.25) is 0 Å². The highest BCUT2D eigenvalue weighted by atomic mass is 16.5. The van der Waals surface area contributed by atoms with Gasteiger partial charge in [0.25, 0.3) is 0 Å². The van der Waals surface area contributed by atoms with Gasteiger partial charge in [-0.05, 0) is 19.3 Å². The predicted octanol–water partition coefficient (Wildman–Crippen LogP) is 1.48. The minimum atomic E-state index is -0.00565. The number of anilines is 1. The van der Waals surface area contributed by atoms with E-state index in [-0.39, 0.29) is 12.2 Å². The zero-order valence-corrected chi connectivity index (χ0v) is 9.72. The smallest absolute Gasteiger partial charge is 0.142 e. The third-order valence-electron chi connectivity index (χ3n) is 2.98. The molecule has 5 nitrogen and oxygen atoms in total. The minimum Gasteiger partial charge on any atom is -0.486 e. The van der Waals surface area contributed by atoms with E-state index >= 15 is 0 Å². The number of methoxy groups -OCH3 is 1. The Morgan fingerprint density at radius 1 is 1.47 bits per heavy atom. The fourth-order valence-corrected chi connectivity index (χ4v) is 2.09. The largest absolute Gasteiger partial charge is 0.486 e. The Labute approximate surface area is 100 Å². The molecule has 1 aromatic heterocycles. The highest BCUT2D eigenvalue weighted by molar-refractivity contribution is 5.47. The van der Waals surface area contributed by atoms with Crippen molar-refractivity contribution in [3.8, 4) is 11.8 Å². The lowest BCUT2D eigenvalue weighted by Gasteiger charge is -2.20. The maximum atomic E-state index is 8.96. The van der Waals surface area contributed by atoms with Gasteiger partial charge in [-0.2, -0.15) is 5.26 Å². The number of nitrogens with two attached hydrogens (primary N) is 1. The average Bonchev–Trinajstić information content (AvgIpc) is 2.77. The van der Waals surface area contributed by atoms with Crippen molar-refractivity contribution >= 4 is 5.82 Å². The van der Waals surface area contributed by atoms with Crippen LogP contribution in [0.15, 0.2) is 12.3 Å². The van der Waals surface area contributed by atoms with Crippen LogP contribution in [0.1, 0.15) is 24.8 Å². The van der Waals surface area contributed by atoms with Gasteiger partial charge in [0.1, 0.15) is 29.3 Å². The zero-order valence-electron chi connectivity index (χ0n) is 9.72. The number of pyridine rings is 1. The van der Waals surface area contributed by atoms with Gasteiger partial charge in [0.05, 0.1) is 12.3 Å². The normalized spacial score (nSPS) is 23.3. The fourth-order valence-electron chi connectivity index (χ4n) is 2.09. The van der Waals surface area contributed by atoms with Crippen LogP contribution in [0, 0.1) is 11.3 Å². The molecule has 0 aliphatic heterocycles. The van der Waals surface area contributed by atoms with Gasteiger partial charge in [-0.25, -0.2) is 4.98 Å². The predicted molar refractivity (Wildman–Crippen MR) is 62.4 cm³/mol. The first kappa shape index (κ1) is 11.7. The summed E-state index contributed by atoms with van der Waals surface area (Å²) >= 11 is 0. The standard InChI is InChI=1S/C12H15N3O2/c1-16-9-3-2-4-10(9)17-11-5-12(14)15-7-8(11)6-13/h5,7,9-10H,2-4H2,1H3,(H2,14,15)/t9-,10?/m1/s1. The van der Waals surface area contributed by atoms with Gasteiger partial charge in [0.2, 0.25) is 0 Å². The van der Waals surface area contributed by atoms with Crippen LogP contribution in [0.5, 0.6) is 5.75 Å². The number of ether oxygens (including phenoxy) is 2. The number of aromatic nitrogens is 1. The number of nitrogen functional groups attached to an aromatic ring is 1. The first-order valence-electron chi connectivity index (χ1n) is 5.59. The van der Waals surface area contributed by atoms with Crippen LogP contribution in [0.25, 0.3) is 0 Å². The monoisotopic (exact) mass is 233 g/mol. The van der Waals surface area contributed by atoms with Gasteiger partial charge in [-0.15, -0.1) is 0 Å². The van der Waals surface area contributed by atoms with Crippen LogP contribution >= 0.6 is 0 Å². The Bertz CT molecular complexity index is 442. The molecule has 0 spiro atoms. The molecule has 0 saturated heterocycles. The Morgan fingerprint density at radius 3 is 2.94 bits per heavy atom. The fraction of sp³-hybridized carbons (Fsp3) is 0.500. The highest BCUT2D eigenvalue weighted by Gasteiger charge is 2.29. The van der Waals surface area contributed by atoms with Crippen LogP contribution in [0.3, 0.4) is 0 Å². The molecule has 0 bridgehead atoms. The zero-order chi connectivity index (χ0) is 12.3.